The molecule has 2 amide bonds. The summed E-state index contributed by atoms with van der Waals surface area (Å²) in [6.07, 6.45) is 6.42. The Kier molecular flexibility index (Phi) is 8.26. The monoisotopic (exact) mass is 284 g/mol. The zero-order chi connectivity index (χ0) is 14.8. The lowest BCUT2D eigenvalue weighted by molar-refractivity contribution is -0.130. The van der Waals surface area contributed by atoms with Crippen LogP contribution < -0.4 is 5.32 Å². The largest absolute Gasteiger partial charge is 0.385 e. The van der Waals surface area contributed by atoms with E-state index in [1.54, 1.807) is 18.9 Å². The first kappa shape index (κ1) is 17.0. The van der Waals surface area contributed by atoms with Gasteiger partial charge in [-0.15, -0.1) is 0 Å². The zero-order valence-corrected chi connectivity index (χ0v) is 12.8. The van der Waals surface area contributed by atoms with E-state index in [1.807, 2.05) is 0 Å². The van der Waals surface area contributed by atoms with Gasteiger partial charge in [0, 0.05) is 46.2 Å². The third kappa shape index (κ3) is 6.37. The van der Waals surface area contributed by atoms with Crippen molar-refractivity contribution in [1.29, 1.82) is 0 Å². The van der Waals surface area contributed by atoms with Crippen LogP contribution in [0.15, 0.2) is 0 Å². The van der Waals surface area contributed by atoms with E-state index in [2.05, 4.69) is 5.32 Å². The fourth-order valence-electron chi connectivity index (χ4n) is 2.65. The van der Waals surface area contributed by atoms with E-state index in [-0.39, 0.29) is 17.7 Å². The highest BCUT2D eigenvalue weighted by Crippen LogP contribution is 2.23. The quantitative estimate of drug-likeness (QED) is 0.688. The Morgan fingerprint density at radius 1 is 1.20 bits per heavy atom. The average molecular weight is 284 g/mol. The molecule has 0 aliphatic heterocycles. The molecule has 0 aromatic heterocycles. The van der Waals surface area contributed by atoms with Gasteiger partial charge in [-0.05, 0) is 19.3 Å². The van der Waals surface area contributed by atoms with Crippen LogP contribution in [-0.2, 0) is 14.3 Å². The van der Waals surface area contributed by atoms with Gasteiger partial charge in [-0.2, -0.15) is 0 Å². The highest BCUT2D eigenvalue weighted by Gasteiger charge is 2.20. The number of ether oxygens (including phenoxy) is 1. The number of methoxy groups -OCH3 is 1. The molecule has 1 aliphatic carbocycles. The number of nitrogens with zero attached hydrogens (tertiary/aromatic N) is 1. The number of carbonyl (C=O) groups excluding carboxylic acids is 2. The Balaban J connectivity index is 2.21. The van der Waals surface area contributed by atoms with Gasteiger partial charge in [-0.3, -0.25) is 9.59 Å². The van der Waals surface area contributed by atoms with Crippen LogP contribution in [0.3, 0.4) is 0 Å². The summed E-state index contributed by atoms with van der Waals surface area (Å²) in [6, 6.07) is 0. The molecule has 0 spiro atoms. The number of amides is 2. The summed E-state index contributed by atoms with van der Waals surface area (Å²) in [5, 5.41) is 2.96. The second-order valence-corrected chi connectivity index (χ2v) is 5.48. The van der Waals surface area contributed by atoms with E-state index in [9.17, 15) is 9.59 Å². The molecular formula is C15H28N2O3. The standard InChI is InChI=1S/C15H28N2O3/c1-13(18)17(10-6-12-20-2)11-9-16-15(19)14-7-4-3-5-8-14/h14H,3-12H2,1-2H3,(H,16,19). The number of hydrogen-bond donors (Lipinski definition) is 1. The van der Waals surface area contributed by atoms with E-state index < -0.39 is 0 Å². The minimum Gasteiger partial charge on any atom is -0.385 e. The lowest BCUT2D eigenvalue weighted by atomic mass is 9.89. The fraction of sp³-hybridized carbons (Fsp3) is 0.867. The van der Waals surface area contributed by atoms with Crippen molar-refractivity contribution in [3.63, 3.8) is 0 Å². The molecule has 5 heteroatoms. The molecule has 0 aromatic carbocycles. The first-order valence-corrected chi connectivity index (χ1v) is 7.67. The maximum atomic E-state index is 12.0. The van der Waals surface area contributed by atoms with E-state index in [0.29, 0.717) is 26.2 Å². The molecular weight excluding hydrogens is 256 g/mol. The Labute approximate surface area is 122 Å². The van der Waals surface area contributed by atoms with Crippen molar-refractivity contribution in [2.45, 2.75) is 45.4 Å². The first-order chi connectivity index (χ1) is 9.65. The molecule has 0 atom stereocenters. The van der Waals surface area contributed by atoms with Crippen LogP contribution in [0, 0.1) is 5.92 Å². The maximum absolute atomic E-state index is 12.0. The Hall–Kier alpha value is -1.10. The molecule has 5 nitrogen and oxygen atoms in total. The van der Waals surface area contributed by atoms with Crippen LogP contribution in [0.25, 0.3) is 0 Å². The van der Waals surface area contributed by atoms with Crippen molar-refractivity contribution in [3.8, 4) is 0 Å². The van der Waals surface area contributed by atoms with Crippen molar-refractivity contribution in [2.24, 2.45) is 5.92 Å². The molecule has 0 heterocycles. The van der Waals surface area contributed by atoms with Crippen LogP contribution in [0.4, 0.5) is 0 Å². The summed E-state index contributed by atoms with van der Waals surface area (Å²) in [5.74, 6) is 0.390. The number of carbonyl (C=O) groups is 2. The molecule has 1 saturated carbocycles. The molecule has 0 aromatic rings. The van der Waals surface area contributed by atoms with Crippen LogP contribution in [0.2, 0.25) is 0 Å². The number of rotatable bonds is 8. The van der Waals surface area contributed by atoms with Gasteiger partial charge in [-0.1, -0.05) is 19.3 Å². The second-order valence-electron chi connectivity index (χ2n) is 5.48. The Bertz CT molecular complexity index is 301. The number of nitrogens with one attached hydrogen (secondary N) is 1. The summed E-state index contributed by atoms with van der Waals surface area (Å²) in [6.45, 7) is 4.02. The summed E-state index contributed by atoms with van der Waals surface area (Å²) < 4.78 is 4.99. The minimum absolute atomic E-state index is 0.0491. The van der Waals surface area contributed by atoms with Crippen LogP contribution in [-0.4, -0.2) is 50.1 Å². The van der Waals surface area contributed by atoms with Crippen molar-refractivity contribution < 1.29 is 14.3 Å². The smallest absolute Gasteiger partial charge is 0.223 e. The van der Waals surface area contributed by atoms with E-state index in [0.717, 1.165) is 32.1 Å². The lowest BCUT2D eigenvalue weighted by Gasteiger charge is -2.23. The predicted molar refractivity (Wildman–Crippen MR) is 78.3 cm³/mol. The minimum atomic E-state index is 0.0491. The topological polar surface area (TPSA) is 58.6 Å². The summed E-state index contributed by atoms with van der Waals surface area (Å²) >= 11 is 0. The molecule has 1 N–H and O–H groups in total. The van der Waals surface area contributed by atoms with E-state index >= 15 is 0 Å². The zero-order valence-electron chi connectivity index (χ0n) is 12.8. The van der Waals surface area contributed by atoms with Crippen LogP contribution >= 0.6 is 0 Å². The highest BCUT2D eigenvalue weighted by molar-refractivity contribution is 5.78. The highest BCUT2D eigenvalue weighted by atomic mass is 16.5. The first-order valence-electron chi connectivity index (χ1n) is 7.67. The molecule has 0 saturated heterocycles. The normalized spacial score (nSPS) is 15.9. The third-order valence-electron chi connectivity index (χ3n) is 3.88. The molecule has 1 fully saturated rings. The molecule has 1 rings (SSSR count). The lowest BCUT2D eigenvalue weighted by Crippen LogP contribution is -2.40. The molecule has 20 heavy (non-hydrogen) atoms. The van der Waals surface area contributed by atoms with Gasteiger partial charge < -0.3 is 15.0 Å². The molecule has 1 aliphatic rings. The molecule has 0 radical (unpaired) electrons. The van der Waals surface area contributed by atoms with Gasteiger partial charge >= 0.3 is 0 Å². The predicted octanol–water partition coefficient (Wildman–Crippen LogP) is 1.57. The molecule has 116 valence electrons. The van der Waals surface area contributed by atoms with E-state index in [1.165, 1.54) is 6.42 Å². The van der Waals surface area contributed by atoms with Gasteiger partial charge in [0.05, 0.1) is 0 Å². The van der Waals surface area contributed by atoms with Gasteiger partial charge in [0.15, 0.2) is 0 Å². The fourth-order valence-corrected chi connectivity index (χ4v) is 2.65. The summed E-state index contributed by atoms with van der Waals surface area (Å²) in [4.78, 5) is 25.2. The SMILES string of the molecule is COCCCN(CCNC(=O)C1CCCCC1)C(C)=O. The maximum Gasteiger partial charge on any atom is 0.223 e. The summed E-state index contributed by atoms with van der Waals surface area (Å²) in [7, 11) is 1.66. The van der Waals surface area contributed by atoms with E-state index in [4.69, 9.17) is 4.74 Å². The third-order valence-corrected chi connectivity index (χ3v) is 3.88. The van der Waals surface area contributed by atoms with Gasteiger partial charge in [0.1, 0.15) is 0 Å². The van der Waals surface area contributed by atoms with Crippen LogP contribution in [0.5, 0.6) is 0 Å². The van der Waals surface area contributed by atoms with Crippen molar-refractivity contribution >= 4 is 11.8 Å². The average Bonchev–Trinajstić information content (AvgIpc) is 2.46. The van der Waals surface area contributed by atoms with Crippen molar-refractivity contribution in [2.75, 3.05) is 33.4 Å². The Morgan fingerprint density at radius 3 is 2.50 bits per heavy atom. The molecule has 0 bridgehead atoms. The van der Waals surface area contributed by atoms with Crippen molar-refractivity contribution in [1.82, 2.24) is 10.2 Å². The number of hydrogen-bond acceptors (Lipinski definition) is 3. The summed E-state index contributed by atoms with van der Waals surface area (Å²) in [5.41, 5.74) is 0. The van der Waals surface area contributed by atoms with Crippen molar-refractivity contribution in [3.05, 3.63) is 0 Å². The van der Waals surface area contributed by atoms with Gasteiger partial charge in [-0.25, -0.2) is 0 Å². The Morgan fingerprint density at radius 2 is 1.90 bits per heavy atom. The van der Waals surface area contributed by atoms with Crippen LogP contribution in [0.1, 0.15) is 45.4 Å². The second kappa shape index (κ2) is 9.75. The van der Waals surface area contributed by atoms with Gasteiger partial charge in [0.25, 0.3) is 0 Å². The van der Waals surface area contributed by atoms with Gasteiger partial charge in [0.2, 0.25) is 11.8 Å². The molecule has 0 unspecified atom stereocenters.